The molecule has 0 aliphatic carbocycles. The van der Waals surface area contributed by atoms with Crippen molar-refractivity contribution in [1.82, 2.24) is 5.32 Å². The molecule has 1 aromatic rings. The summed E-state index contributed by atoms with van der Waals surface area (Å²) >= 11 is 3.43. The summed E-state index contributed by atoms with van der Waals surface area (Å²) in [6, 6.07) is 9.13. The summed E-state index contributed by atoms with van der Waals surface area (Å²) in [5.41, 5.74) is 1.35. The second-order valence-corrected chi connectivity index (χ2v) is 4.44. The molecule has 0 spiro atoms. The van der Waals surface area contributed by atoms with Gasteiger partial charge < -0.3 is 5.32 Å². The highest BCUT2D eigenvalue weighted by molar-refractivity contribution is 9.10. The lowest BCUT2D eigenvalue weighted by molar-refractivity contribution is 0.484. The lowest BCUT2D eigenvalue weighted by Gasteiger charge is -2.14. The number of hydrogen-bond acceptors (Lipinski definition) is 1. The molecule has 78 valence electrons. The zero-order valence-electron chi connectivity index (χ0n) is 8.89. The van der Waals surface area contributed by atoms with Gasteiger partial charge in [-0.25, -0.2) is 0 Å². The van der Waals surface area contributed by atoms with Crippen LogP contribution >= 0.6 is 15.9 Å². The molecule has 0 amide bonds. The Morgan fingerprint density at radius 1 is 1.14 bits per heavy atom. The molecule has 0 radical (unpaired) electrons. The number of benzene rings is 1. The van der Waals surface area contributed by atoms with Gasteiger partial charge in [0.05, 0.1) is 0 Å². The van der Waals surface area contributed by atoms with Crippen LogP contribution in [0.25, 0.3) is 0 Å². The smallest absolute Gasteiger partial charge is 0.0208 e. The fourth-order valence-electron chi connectivity index (χ4n) is 1.44. The first-order valence-corrected chi connectivity index (χ1v) is 6.03. The zero-order valence-corrected chi connectivity index (χ0v) is 10.5. The van der Waals surface area contributed by atoms with Gasteiger partial charge in [-0.3, -0.25) is 0 Å². The molecule has 0 unspecified atom stereocenters. The first-order valence-electron chi connectivity index (χ1n) is 5.24. The Morgan fingerprint density at radius 3 is 2.21 bits per heavy atom. The second-order valence-electron chi connectivity index (χ2n) is 3.52. The highest BCUT2D eigenvalue weighted by atomic mass is 79.9. The summed E-state index contributed by atoms with van der Waals surface area (Å²) < 4.78 is 1.14. The lowest BCUT2D eigenvalue weighted by atomic mass is 10.1. The van der Waals surface area contributed by atoms with Crippen LogP contribution in [-0.2, 0) is 6.54 Å². The van der Waals surface area contributed by atoms with Crippen LogP contribution in [0.4, 0.5) is 0 Å². The fourth-order valence-corrected chi connectivity index (χ4v) is 1.71. The van der Waals surface area contributed by atoms with E-state index < -0.39 is 0 Å². The van der Waals surface area contributed by atoms with Crippen molar-refractivity contribution < 1.29 is 0 Å². The summed E-state index contributed by atoms with van der Waals surface area (Å²) in [6.45, 7) is 5.42. The van der Waals surface area contributed by atoms with E-state index in [4.69, 9.17) is 0 Å². The molecule has 1 aromatic carbocycles. The monoisotopic (exact) mass is 255 g/mol. The van der Waals surface area contributed by atoms with Crippen molar-refractivity contribution in [2.75, 3.05) is 0 Å². The van der Waals surface area contributed by atoms with Gasteiger partial charge in [-0.15, -0.1) is 0 Å². The molecule has 14 heavy (non-hydrogen) atoms. The molecule has 0 saturated carbocycles. The maximum Gasteiger partial charge on any atom is 0.0208 e. The first kappa shape index (κ1) is 11.7. The van der Waals surface area contributed by atoms with Crippen molar-refractivity contribution in [2.45, 2.75) is 39.3 Å². The predicted molar refractivity (Wildman–Crippen MR) is 65.4 cm³/mol. The first-order chi connectivity index (χ1) is 6.76. The van der Waals surface area contributed by atoms with Gasteiger partial charge >= 0.3 is 0 Å². The summed E-state index contributed by atoms with van der Waals surface area (Å²) in [5.74, 6) is 0. The van der Waals surface area contributed by atoms with Gasteiger partial charge in [0.15, 0.2) is 0 Å². The maximum atomic E-state index is 3.54. The van der Waals surface area contributed by atoms with Gasteiger partial charge in [0, 0.05) is 17.1 Å². The van der Waals surface area contributed by atoms with Crippen LogP contribution in [-0.4, -0.2) is 6.04 Å². The highest BCUT2D eigenvalue weighted by Crippen LogP contribution is 2.10. The van der Waals surface area contributed by atoms with E-state index in [1.165, 1.54) is 18.4 Å². The highest BCUT2D eigenvalue weighted by Gasteiger charge is 2.01. The summed E-state index contributed by atoms with van der Waals surface area (Å²) in [5, 5.41) is 3.54. The predicted octanol–water partition coefficient (Wildman–Crippen LogP) is 3.73. The molecule has 0 saturated heterocycles. The molecule has 1 rings (SSSR count). The number of halogens is 1. The quantitative estimate of drug-likeness (QED) is 0.846. The molecule has 2 heteroatoms. The molecular formula is C12H18BrN. The molecule has 0 atom stereocenters. The van der Waals surface area contributed by atoms with E-state index in [9.17, 15) is 0 Å². The van der Waals surface area contributed by atoms with Crippen molar-refractivity contribution in [3.05, 3.63) is 34.3 Å². The van der Waals surface area contributed by atoms with Crippen molar-refractivity contribution >= 4 is 15.9 Å². The van der Waals surface area contributed by atoms with Crippen molar-refractivity contribution in [3.8, 4) is 0 Å². The maximum absolute atomic E-state index is 3.54. The van der Waals surface area contributed by atoms with Crippen LogP contribution in [0.15, 0.2) is 28.7 Å². The standard InChI is InChI=1S/C12H18BrN/c1-3-12(4-2)14-9-10-5-7-11(13)8-6-10/h5-8,12,14H,3-4,9H2,1-2H3. The molecule has 0 aliphatic rings. The van der Waals surface area contributed by atoms with Gasteiger partial charge in [0.1, 0.15) is 0 Å². The van der Waals surface area contributed by atoms with E-state index in [-0.39, 0.29) is 0 Å². The Kier molecular flexibility index (Phi) is 5.20. The van der Waals surface area contributed by atoms with E-state index in [0.717, 1.165) is 11.0 Å². The average Bonchev–Trinajstić information content (AvgIpc) is 2.22. The van der Waals surface area contributed by atoms with Gasteiger partial charge in [-0.1, -0.05) is 41.9 Å². The third-order valence-corrected chi connectivity index (χ3v) is 3.02. The van der Waals surface area contributed by atoms with Crippen LogP contribution in [0.5, 0.6) is 0 Å². The Bertz CT molecular complexity index is 252. The molecule has 0 heterocycles. The number of rotatable bonds is 5. The minimum atomic E-state index is 0.652. The number of nitrogens with one attached hydrogen (secondary N) is 1. The summed E-state index contributed by atoms with van der Waals surface area (Å²) in [4.78, 5) is 0. The van der Waals surface area contributed by atoms with Crippen molar-refractivity contribution in [1.29, 1.82) is 0 Å². The number of hydrogen-bond donors (Lipinski definition) is 1. The second kappa shape index (κ2) is 6.20. The molecule has 0 bridgehead atoms. The summed E-state index contributed by atoms with van der Waals surface area (Å²) in [7, 11) is 0. The third-order valence-electron chi connectivity index (χ3n) is 2.49. The third kappa shape index (κ3) is 3.81. The molecular weight excluding hydrogens is 238 g/mol. The van der Waals surface area contributed by atoms with Crippen LogP contribution in [0.2, 0.25) is 0 Å². The van der Waals surface area contributed by atoms with Crippen molar-refractivity contribution in [3.63, 3.8) is 0 Å². The van der Waals surface area contributed by atoms with E-state index in [1.54, 1.807) is 0 Å². The van der Waals surface area contributed by atoms with Gasteiger partial charge in [0.2, 0.25) is 0 Å². The topological polar surface area (TPSA) is 12.0 Å². The fraction of sp³-hybridized carbons (Fsp3) is 0.500. The van der Waals surface area contributed by atoms with E-state index in [2.05, 4.69) is 59.4 Å². The molecule has 0 fully saturated rings. The van der Waals surface area contributed by atoms with Crippen LogP contribution in [0.3, 0.4) is 0 Å². The molecule has 0 aliphatic heterocycles. The zero-order chi connectivity index (χ0) is 10.4. The minimum absolute atomic E-state index is 0.652. The normalized spacial score (nSPS) is 10.9. The van der Waals surface area contributed by atoms with Crippen molar-refractivity contribution in [2.24, 2.45) is 0 Å². The van der Waals surface area contributed by atoms with E-state index in [1.807, 2.05) is 0 Å². The molecule has 1 N–H and O–H groups in total. The Balaban J connectivity index is 2.41. The molecule has 0 aromatic heterocycles. The van der Waals surface area contributed by atoms with Crippen LogP contribution < -0.4 is 5.32 Å². The molecule has 1 nitrogen and oxygen atoms in total. The van der Waals surface area contributed by atoms with Gasteiger partial charge in [0.25, 0.3) is 0 Å². The Morgan fingerprint density at radius 2 is 1.71 bits per heavy atom. The van der Waals surface area contributed by atoms with Crippen LogP contribution in [0, 0.1) is 0 Å². The summed E-state index contributed by atoms with van der Waals surface area (Å²) in [6.07, 6.45) is 2.40. The average molecular weight is 256 g/mol. The lowest BCUT2D eigenvalue weighted by Crippen LogP contribution is -2.26. The van der Waals surface area contributed by atoms with Gasteiger partial charge in [-0.2, -0.15) is 0 Å². The SMILES string of the molecule is CCC(CC)NCc1ccc(Br)cc1. The Hall–Kier alpha value is -0.340. The van der Waals surface area contributed by atoms with E-state index in [0.29, 0.717) is 6.04 Å². The Labute approximate surface area is 95.0 Å². The van der Waals surface area contributed by atoms with E-state index >= 15 is 0 Å². The largest absolute Gasteiger partial charge is 0.310 e. The van der Waals surface area contributed by atoms with Crippen LogP contribution in [0.1, 0.15) is 32.3 Å². The van der Waals surface area contributed by atoms with Gasteiger partial charge in [-0.05, 0) is 30.5 Å². The minimum Gasteiger partial charge on any atom is -0.310 e.